The van der Waals surface area contributed by atoms with Crippen molar-refractivity contribution in [2.75, 3.05) is 38.7 Å². The van der Waals surface area contributed by atoms with Crippen LogP contribution in [0, 0.1) is 0 Å². The number of nitrogens with one attached hydrogen (secondary N) is 1. The van der Waals surface area contributed by atoms with Gasteiger partial charge in [0.15, 0.2) is 0 Å². The maximum Gasteiger partial charge on any atom is 0.141 e. The van der Waals surface area contributed by atoms with Gasteiger partial charge in [0.25, 0.3) is 0 Å². The number of nitrogens with zero attached hydrogens (tertiary/aromatic N) is 1. The Hall–Kier alpha value is -1.26. The molecule has 0 amide bonds. The van der Waals surface area contributed by atoms with Crippen LogP contribution < -0.4 is 10.1 Å². The third kappa shape index (κ3) is 4.11. The largest absolute Gasteiger partial charge is 0.495 e. The quantitative estimate of drug-likeness (QED) is 0.846. The predicted octanol–water partition coefficient (Wildman–Crippen LogP) is 2.73. The molecule has 0 spiro atoms. The van der Waals surface area contributed by atoms with Crippen LogP contribution in [-0.4, -0.2) is 48.9 Å². The van der Waals surface area contributed by atoms with E-state index in [-0.39, 0.29) is 12.1 Å². The highest BCUT2D eigenvalue weighted by Gasteiger charge is 2.32. The summed E-state index contributed by atoms with van der Waals surface area (Å²) in [6.07, 6.45) is 4.25. The number of anilines is 1. The highest BCUT2D eigenvalue weighted by molar-refractivity contribution is 5.57. The number of hydrogen-bond acceptors (Lipinski definition) is 4. The lowest BCUT2D eigenvalue weighted by atomic mass is 9.91. The third-order valence-corrected chi connectivity index (χ3v) is 4.39. The number of rotatable bonds is 6. The Labute approximate surface area is 128 Å². The molecule has 4 nitrogen and oxygen atoms in total. The molecule has 0 bridgehead atoms. The Morgan fingerprint density at radius 2 is 2.10 bits per heavy atom. The van der Waals surface area contributed by atoms with Gasteiger partial charge >= 0.3 is 0 Å². The van der Waals surface area contributed by atoms with E-state index in [4.69, 9.17) is 4.74 Å². The number of ether oxygens (including phenoxy) is 1. The van der Waals surface area contributed by atoms with Gasteiger partial charge in [0, 0.05) is 6.54 Å². The molecule has 2 N–H and O–H groups in total. The molecule has 0 saturated carbocycles. The molecule has 1 saturated heterocycles. The maximum absolute atomic E-state index is 9.99. The molecule has 0 radical (unpaired) electrons. The minimum absolute atomic E-state index is 0.158. The average Bonchev–Trinajstić information content (AvgIpc) is 2.72. The van der Waals surface area contributed by atoms with Crippen molar-refractivity contribution in [2.45, 2.75) is 38.1 Å². The van der Waals surface area contributed by atoms with Crippen LogP contribution >= 0.6 is 0 Å². The number of aliphatic hydroxyl groups is 1. The zero-order valence-corrected chi connectivity index (χ0v) is 13.3. The van der Waals surface area contributed by atoms with Crippen molar-refractivity contribution < 1.29 is 9.84 Å². The van der Waals surface area contributed by atoms with E-state index in [0.29, 0.717) is 0 Å². The van der Waals surface area contributed by atoms with Gasteiger partial charge in [-0.3, -0.25) is 0 Å². The highest BCUT2D eigenvalue weighted by atomic mass is 16.5. The summed E-state index contributed by atoms with van der Waals surface area (Å²) in [5.74, 6) is 0.833. The van der Waals surface area contributed by atoms with Crippen molar-refractivity contribution >= 4 is 5.69 Å². The van der Waals surface area contributed by atoms with Crippen molar-refractivity contribution in [3.63, 3.8) is 0 Å². The number of hydrogen-bond donors (Lipinski definition) is 2. The second-order valence-electron chi connectivity index (χ2n) is 5.96. The lowest BCUT2D eigenvalue weighted by molar-refractivity contribution is 0.192. The van der Waals surface area contributed by atoms with E-state index in [1.54, 1.807) is 7.11 Å². The molecule has 1 aliphatic heterocycles. The summed E-state index contributed by atoms with van der Waals surface area (Å²) in [6, 6.07) is 7.93. The summed E-state index contributed by atoms with van der Waals surface area (Å²) < 4.78 is 5.41. The molecule has 0 aliphatic carbocycles. The number of likely N-dealkylation sites (tertiary alicyclic amines) is 1. The Morgan fingerprint density at radius 1 is 1.29 bits per heavy atom. The van der Waals surface area contributed by atoms with Crippen molar-refractivity contribution in [1.82, 2.24) is 4.90 Å². The number of methoxy groups -OCH3 is 1. The zero-order valence-electron chi connectivity index (χ0n) is 13.3. The minimum atomic E-state index is -0.239. The normalized spacial score (nSPS) is 23.6. The summed E-state index contributed by atoms with van der Waals surface area (Å²) in [6.45, 7) is 5.69. The molecule has 118 valence electrons. The maximum atomic E-state index is 9.99. The van der Waals surface area contributed by atoms with Crippen molar-refractivity contribution in [3.05, 3.63) is 24.3 Å². The van der Waals surface area contributed by atoms with Crippen molar-refractivity contribution in [3.8, 4) is 5.75 Å². The van der Waals surface area contributed by atoms with Crippen LogP contribution in [0.5, 0.6) is 5.75 Å². The van der Waals surface area contributed by atoms with Crippen LogP contribution in [0.25, 0.3) is 0 Å². The molecule has 4 heteroatoms. The van der Waals surface area contributed by atoms with Gasteiger partial charge < -0.3 is 20.1 Å². The Balaban J connectivity index is 2.10. The molecule has 1 heterocycles. The Morgan fingerprint density at radius 3 is 2.81 bits per heavy atom. The molecule has 1 aliphatic rings. The minimum Gasteiger partial charge on any atom is -0.495 e. The average molecular weight is 292 g/mol. The van der Waals surface area contributed by atoms with Crippen LogP contribution in [0.15, 0.2) is 24.3 Å². The predicted molar refractivity (Wildman–Crippen MR) is 87.0 cm³/mol. The second kappa shape index (κ2) is 7.66. The monoisotopic (exact) mass is 292 g/mol. The topological polar surface area (TPSA) is 44.7 Å². The van der Waals surface area contributed by atoms with Gasteiger partial charge in [0.2, 0.25) is 0 Å². The zero-order chi connectivity index (χ0) is 15.1. The molecule has 2 rings (SSSR count). The smallest absolute Gasteiger partial charge is 0.141 e. The number of para-hydroxylation sites is 2. The summed E-state index contributed by atoms with van der Waals surface area (Å²) in [5.41, 5.74) is 0.731. The highest BCUT2D eigenvalue weighted by Crippen LogP contribution is 2.31. The molecule has 1 aromatic rings. The summed E-state index contributed by atoms with van der Waals surface area (Å²) >= 11 is 0. The van der Waals surface area contributed by atoms with E-state index in [9.17, 15) is 5.11 Å². The van der Waals surface area contributed by atoms with E-state index in [2.05, 4.69) is 17.1 Å². The SMILES string of the molecule is CCCN1CCCC(CO)(Nc2ccccc2OC)CC1. The molecule has 1 atom stereocenters. The van der Waals surface area contributed by atoms with Crippen LogP contribution in [0.3, 0.4) is 0 Å². The Bertz CT molecular complexity index is 439. The Kier molecular flexibility index (Phi) is 5.88. The summed E-state index contributed by atoms with van der Waals surface area (Å²) in [7, 11) is 1.68. The first kappa shape index (κ1) is 16.1. The van der Waals surface area contributed by atoms with Gasteiger partial charge in [-0.15, -0.1) is 0 Å². The van der Waals surface area contributed by atoms with Gasteiger partial charge in [-0.1, -0.05) is 19.1 Å². The van der Waals surface area contributed by atoms with Crippen LogP contribution in [0.1, 0.15) is 32.6 Å². The molecule has 21 heavy (non-hydrogen) atoms. The summed E-state index contributed by atoms with van der Waals surface area (Å²) in [5, 5.41) is 13.6. The third-order valence-electron chi connectivity index (χ3n) is 4.39. The first-order valence-electron chi connectivity index (χ1n) is 7.97. The van der Waals surface area contributed by atoms with Gasteiger partial charge in [-0.25, -0.2) is 0 Å². The van der Waals surface area contributed by atoms with Crippen LogP contribution in [0.2, 0.25) is 0 Å². The fraction of sp³-hybridized carbons (Fsp3) is 0.647. The molecule has 1 unspecified atom stereocenters. The summed E-state index contributed by atoms with van der Waals surface area (Å²) in [4.78, 5) is 2.50. The van der Waals surface area contributed by atoms with Crippen LogP contribution in [-0.2, 0) is 0 Å². The fourth-order valence-electron chi connectivity index (χ4n) is 3.15. The van der Waals surface area contributed by atoms with E-state index < -0.39 is 0 Å². The van der Waals surface area contributed by atoms with E-state index in [1.165, 1.54) is 6.42 Å². The fourth-order valence-corrected chi connectivity index (χ4v) is 3.15. The van der Waals surface area contributed by atoms with Gasteiger partial charge in [0.1, 0.15) is 5.75 Å². The van der Waals surface area contributed by atoms with Crippen molar-refractivity contribution in [2.24, 2.45) is 0 Å². The van der Waals surface area contributed by atoms with E-state index in [0.717, 1.165) is 50.3 Å². The molecule has 1 fully saturated rings. The molecule has 1 aromatic carbocycles. The van der Waals surface area contributed by atoms with Crippen molar-refractivity contribution in [1.29, 1.82) is 0 Å². The second-order valence-corrected chi connectivity index (χ2v) is 5.96. The number of aliphatic hydroxyl groups excluding tert-OH is 1. The first-order valence-corrected chi connectivity index (χ1v) is 7.97. The van der Waals surface area contributed by atoms with E-state index >= 15 is 0 Å². The van der Waals surface area contributed by atoms with Gasteiger partial charge in [-0.2, -0.15) is 0 Å². The molecular weight excluding hydrogens is 264 g/mol. The molecule has 0 aromatic heterocycles. The standard InChI is InChI=1S/C17H28N2O2/c1-3-11-19-12-6-9-17(14-20,10-13-19)18-15-7-4-5-8-16(15)21-2/h4-5,7-8,18,20H,3,6,9-14H2,1-2H3. The van der Waals surface area contributed by atoms with Gasteiger partial charge in [0.05, 0.1) is 24.9 Å². The number of benzene rings is 1. The molecular formula is C17H28N2O2. The van der Waals surface area contributed by atoms with Gasteiger partial charge in [-0.05, 0) is 50.9 Å². The van der Waals surface area contributed by atoms with Crippen LogP contribution in [0.4, 0.5) is 5.69 Å². The lowest BCUT2D eigenvalue weighted by Crippen LogP contribution is -2.43. The first-order chi connectivity index (χ1) is 10.2. The lowest BCUT2D eigenvalue weighted by Gasteiger charge is -2.33. The van der Waals surface area contributed by atoms with E-state index in [1.807, 2.05) is 24.3 Å².